The molecular weight excluding hydrogens is 368 g/mol. The highest BCUT2D eigenvalue weighted by Crippen LogP contribution is 2.37. The molecule has 0 atom stereocenters. The topological polar surface area (TPSA) is 56.3 Å². The number of rotatable bonds is 0. The molecule has 0 unspecified atom stereocenters. The Hall–Kier alpha value is -3.14. The normalized spacial score (nSPS) is 23.8. The summed E-state index contributed by atoms with van der Waals surface area (Å²) in [5.74, 6) is 0. The Labute approximate surface area is 177 Å². The molecule has 2 aromatic heterocycles. The standard InChI is InChI=1S/C26H28N4/c1-15-17-7-11-21(27-17)25(3,4)23-13-9-19(29-23)16(2)20-10-14-24(30-20)26(5,6)22-12-8-18(15)28-22/h7-14,27,29H,1-6H3/b18-15-,20-16?. The summed E-state index contributed by atoms with van der Waals surface area (Å²) in [5, 5.41) is 0. The predicted molar refractivity (Wildman–Crippen MR) is 126 cm³/mol. The largest absolute Gasteiger partial charge is 0.358 e. The van der Waals surface area contributed by atoms with Crippen LogP contribution in [0.4, 0.5) is 0 Å². The number of nitrogens with zero attached hydrogens (tertiary/aromatic N) is 2. The minimum absolute atomic E-state index is 0.175. The van der Waals surface area contributed by atoms with Gasteiger partial charge in [-0.1, -0.05) is 0 Å². The molecule has 2 aromatic rings. The highest BCUT2D eigenvalue weighted by atomic mass is 14.9. The van der Waals surface area contributed by atoms with Gasteiger partial charge in [0.25, 0.3) is 0 Å². The van der Waals surface area contributed by atoms with Crippen molar-refractivity contribution >= 4 is 22.6 Å². The fourth-order valence-electron chi connectivity index (χ4n) is 4.35. The van der Waals surface area contributed by atoms with Crippen LogP contribution < -0.4 is 0 Å². The second kappa shape index (κ2) is 6.18. The van der Waals surface area contributed by atoms with E-state index in [2.05, 4.69) is 100 Å². The monoisotopic (exact) mass is 396 g/mol. The molecule has 3 aliphatic rings. The van der Waals surface area contributed by atoms with Gasteiger partial charge < -0.3 is 9.97 Å². The predicted octanol–water partition coefficient (Wildman–Crippen LogP) is 6.19. The number of hydrogen-bond acceptors (Lipinski definition) is 2. The number of allylic oxidation sites excluding steroid dienone is 6. The van der Waals surface area contributed by atoms with Gasteiger partial charge in [0, 0.05) is 33.6 Å². The second-order valence-electron chi connectivity index (χ2n) is 9.50. The summed E-state index contributed by atoms with van der Waals surface area (Å²) in [6.45, 7) is 13.1. The number of hydrogen-bond donors (Lipinski definition) is 2. The third-order valence-electron chi connectivity index (χ3n) is 6.86. The third kappa shape index (κ3) is 2.67. The number of aromatic nitrogens is 2. The minimum atomic E-state index is -0.266. The quantitative estimate of drug-likeness (QED) is 0.533. The average molecular weight is 397 g/mol. The van der Waals surface area contributed by atoms with Crippen LogP contribution in [0.25, 0.3) is 11.1 Å². The molecule has 0 amide bonds. The zero-order valence-electron chi connectivity index (χ0n) is 18.5. The van der Waals surface area contributed by atoms with Gasteiger partial charge in [0.15, 0.2) is 0 Å². The molecule has 0 radical (unpaired) electrons. The van der Waals surface area contributed by atoms with Crippen molar-refractivity contribution in [1.82, 2.24) is 9.97 Å². The van der Waals surface area contributed by atoms with Crippen molar-refractivity contribution in [3.8, 4) is 0 Å². The van der Waals surface area contributed by atoms with Gasteiger partial charge in [-0.05, 0) is 101 Å². The molecule has 0 aliphatic carbocycles. The van der Waals surface area contributed by atoms with E-state index < -0.39 is 0 Å². The van der Waals surface area contributed by atoms with Gasteiger partial charge >= 0.3 is 0 Å². The van der Waals surface area contributed by atoms with Crippen molar-refractivity contribution in [2.45, 2.75) is 47.0 Å². The van der Waals surface area contributed by atoms with Gasteiger partial charge in [-0.2, -0.15) is 0 Å². The summed E-state index contributed by atoms with van der Waals surface area (Å²) < 4.78 is 0. The smallest absolute Gasteiger partial charge is 0.0683 e. The third-order valence-corrected chi connectivity index (χ3v) is 6.86. The summed E-state index contributed by atoms with van der Waals surface area (Å²) in [6, 6.07) is 8.70. The number of fused-ring (bicyclic) bond motifs is 6. The van der Waals surface area contributed by atoms with Crippen molar-refractivity contribution in [1.29, 1.82) is 0 Å². The molecule has 0 fully saturated rings. The Morgan fingerprint density at radius 1 is 0.600 bits per heavy atom. The van der Waals surface area contributed by atoms with Gasteiger partial charge in [-0.15, -0.1) is 0 Å². The molecule has 5 heterocycles. The number of aromatic amines is 2. The van der Waals surface area contributed by atoms with Crippen LogP contribution in [0.15, 0.2) is 69.9 Å². The maximum atomic E-state index is 5.00. The van der Waals surface area contributed by atoms with E-state index in [1.54, 1.807) is 0 Å². The lowest BCUT2D eigenvalue weighted by Crippen LogP contribution is -2.30. The zero-order chi connectivity index (χ0) is 21.3. The van der Waals surface area contributed by atoms with Gasteiger partial charge in [0.2, 0.25) is 0 Å². The summed E-state index contributed by atoms with van der Waals surface area (Å²) in [4.78, 5) is 17.3. The molecule has 5 rings (SSSR count). The summed E-state index contributed by atoms with van der Waals surface area (Å²) in [5.41, 5.74) is 10.5. The zero-order valence-corrected chi connectivity index (χ0v) is 18.5. The molecule has 152 valence electrons. The number of aliphatic imine (C=N–C) groups is 2. The summed E-state index contributed by atoms with van der Waals surface area (Å²) in [7, 11) is 0. The SMILES string of the molecule is CC1=C2C=CC(=N2)C(C)(C)C2=N/C(=C(/C)c3ccc([nH]3)C(C)(C)c3ccc1[nH]3)C=C2. The Morgan fingerprint density at radius 2 is 1.03 bits per heavy atom. The van der Waals surface area contributed by atoms with Crippen molar-refractivity contribution in [2.24, 2.45) is 15.4 Å². The molecule has 0 saturated carbocycles. The fraction of sp³-hybridized carbons (Fsp3) is 0.308. The number of H-pyrrole nitrogens is 2. The van der Waals surface area contributed by atoms with Crippen LogP contribution >= 0.6 is 0 Å². The van der Waals surface area contributed by atoms with E-state index in [1.165, 1.54) is 11.4 Å². The first-order chi connectivity index (χ1) is 14.2. The van der Waals surface area contributed by atoms with E-state index in [1.807, 2.05) is 0 Å². The molecule has 8 bridgehead atoms. The Balaban J connectivity index is 1.76. The van der Waals surface area contributed by atoms with Crippen LogP contribution in [-0.4, -0.2) is 21.4 Å². The first-order valence-corrected chi connectivity index (χ1v) is 10.5. The molecular formula is C26H28N4. The number of nitrogens with one attached hydrogen (secondary N) is 2. The molecule has 4 nitrogen and oxygen atoms in total. The van der Waals surface area contributed by atoms with Crippen LogP contribution in [-0.2, 0) is 5.41 Å². The lowest BCUT2D eigenvalue weighted by Gasteiger charge is -2.23. The van der Waals surface area contributed by atoms with Gasteiger partial charge in [-0.3, -0.25) is 9.98 Å². The summed E-state index contributed by atoms with van der Waals surface area (Å²) >= 11 is 0. The van der Waals surface area contributed by atoms with Crippen LogP contribution in [0.1, 0.15) is 64.3 Å². The van der Waals surface area contributed by atoms with Crippen LogP contribution in [0.5, 0.6) is 0 Å². The van der Waals surface area contributed by atoms with Gasteiger partial charge in [0.1, 0.15) is 0 Å². The van der Waals surface area contributed by atoms with Crippen molar-refractivity contribution in [3.63, 3.8) is 0 Å². The van der Waals surface area contributed by atoms with E-state index in [0.29, 0.717) is 0 Å². The van der Waals surface area contributed by atoms with Crippen LogP contribution in [0, 0.1) is 5.41 Å². The van der Waals surface area contributed by atoms with Crippen molar-refractivity contribution < 1.29 is 0 Å². The Bertz CT molecular complexity index is 1150. The van der Waals surface area contributed by atoms with E-state index in [0.717, 1.165) is 45.4 Å². The molecule has 0 saturated heterocycles. The minimum Gasteiger partial charge on any atom is -0.358 e. The first-order valence-electron chi connectivity index (χ1n) is 10.5. The molecule has 3 aliphatic heterocycles. The van der Waals surface area contributed by atoms with E-state index in [4.69, 9.17) is 9.98 Å². The molecule has 0 aromatic carbocycles. The highest BCUT2D eigenvalue weighted by Gasteiger charge is 2.33. The lowest BCUT2D eigenvalue weighted by atomic mass is 9.82. The van der Waals surface area contributed by atoms with Gasteiger partial charge in [-0.25, -0.2) is 0 Å². The average Bonchev–Trinajstić information content (AvgIpc) is 3.50. The fourth-order valence-corrected chi connectivity index (χ4v) is 4.35. The molecule has 2 N–H and O–H groups in total. The molecule has 30 heavy (non-hydrogen) atoms. The summed E-state index contributed by atoms with van der Waals surface area (Å²) in [6.07, 6.45) is 8.50. The van der Waals surface area contributed by atoms with Crippen molar-refractivity contribution in [2.75, 3.05) is 0 Å². The highest BCUT2D eigenvalue weighted by molar-refractivity contribution is 6.22. The van der Waals surface area contributed by atoms with Crippen molar-refractivity contribution in [3.05, 3.63) is 82.7 Å². The Kier molecular flexibility index (Phi) is 3.88. The molecule has 4 heteroatoms. The molecule has 0 spiro atoms. The maximum absolute atomic E-state index is 5.00. The van der Waals surface area contributed by atoms with E-state index in [9.17, 15) is 0 Å². The van der Waals surface area contributed by atoms with E-state index in [-0.39, 0.29) is 10.8 Å². The Morgan fingerprint density at radius 3 is 1.47 bits per heavy atom. The lowest BCUT2D eigenvalue weighted by molar-refractivity contribution is 0.602. The first kappa shape index (κ1) is 18.9. The second-order valence-corrected chi connectivity index (χ2v) is 9.50. The van der Waals surface area contributed by atoms with E-state index >= 15 is 0 Å². The van der Waals surface area contributed by atoms with Crippen LogP contribution in [0.3, 0.4) is 0 Å². The maximum Gasteiger partial charge on any atom is 0.0683 e. The van der Waals surface area contributed by atoms with Crippen LogP contribution in [0.2, 0.25) is 0 Å². The van der Waals surface area contributed by atoms with Gasteiger partial charge in [0.05, 0.1) is 22.8 Å².